The van der Waals surface area contributed by atoms with E-state index in [2.05, 4.69) is 10.3 Å². The van der Waals surface area contributed by atoms with Gasteiger partial charge in [0.25, 0.3) is 5.91 Å². The largest absolute Gasteiger partial charge is 0.326 e. The Balaban J connectivity index is 1.46. The van der Waals surface area contributed by atoms with Crippen molar-refractivity contribution in [2.75, 3.05) is 17.3 Å². The van der Waals surface area contributed by atoms with E-state index >= 15 is 0 Å². The summed E-state index contributed by atoms with van der Waals surface area (Å²) in [6, 6.07) is 14.2. The van der Waals surface area contributed by atoms with Gasteiger partial charge in [0.05, 0.1) is 11.0 Å². The zero-order chi connectivity index (χ0) is 24.0. The summed E-state index contributed by atoms with van der Waals surface area (Å²) in [5.41, 5.74) is 4.49. The Labute approximate surface area is 194 Å². The number of nitrogens with one attached hydrogen (secondary N) is 1. The van der Waals surface area contributed by atoms with E-state index in [1.54, 1.807) is 18.5 Å². The summed E-state index contributed by atoms with van der Waals surface area (Å²) in [4.78, 5) is 30.9. The van der Waals surface area contributed by atoms with Gasteiger partial charge in [0.15, 0.2) is 11.6 Å². The Kier molecular flexibility index (Phi) is 5.36. The third-order valence-electron chi connectivity index (χ3n) is 6.05. The molecular formula is C26H22F2N4O2. The van der Waals surface area contributed by atoms with Gasteiger partial charge in [-0.05, 0) is 73.9 Å². The number of carbonyl (C=O) groups is 2. The van der Waals surface area contributed by atoms with Crippen molar-refractivity contribution in [3.63, 3.8) is 0 Å². The predicted octanol–water partition coefficient (Wildman–Crippen LogP) is 5.24. The van der Waals surface area contributed by atoms with Crippen LogP contribution in [0.1, 0.15) is 28.8 Å². The number of aromatic nitrogens is 2. The van der Waals surface area contributed by atoms with Crippen LogP contribution in [-0.4, -0.2) is 28.4 Å². The molecule has 0 atom stereocenters. The molecule has 0 spiro atoms. The third kappa shape index (κ3) is 4.03. The molecule has 0 aliphatic heterocycles. The normalized spacial score (nSPS) is 13.2. The Bertz CT molecular complexity index is 1430. The predicted molar refractivity (Wildman–Crippen MR) is 126 cm³/mol. The van der Waals surface area contributed by atoms with Crippen molar-refractivity contribution >= 4 is 34.2 Å². The van der Waals surface area contributed by atoms with Gasteiger partial charge in [-0.15, -0.1) is 0 Å². The first-order chi connectivity index (χ1) is 16.3. The average molecular weight is 460 g/mol. The molecule has 8 heteroatoms. The minimum atomic E-state index is -1.02. The van der Waals surface area contributed by atoms with Crippen LogP contribution in [0.5, 0.6) is 0 Å². The quantitative estimate of drug-likeness (QED) is 0.443. The van der Waals surface area contributed by atoms with Gasteiger partial charge in [0, 0.05) is 41.7 Å². The van der Waals surface area contributed by atoms with Crippen LogP contribution < -0.4 is 10.2 Å². The highest BCUT2D eigenvalue weighted by Gasteiger charge is 2.29. The number of hydrogen-bond donors (Lipinski definition) is 1. The maximum atomic E-state index is 13.7. The van der Waals surface area contributed by atoms with Crippen LogP contribution in [0.15, 0.2) is 60.9 Å². The van der Waals surface area contributed by atoms with Crippen molar-refractivity contribution < 1.29 is 18.4 Å². The number of carbonyl (C=O) groups excluding carboxylic acids is 2. The van der Waals surface area contributed by atoms with Crippen LogP contribution >= 0.6 is 0 Å². The maximum absolute atomic E-state index is 13.7. The van der Waals surface area contributed by atoms with Crippen LogP contribution in [0.3, 0.4) is 0 Å². The first-order valence-electron chi connectivity index (χ1n) is 10.9. The van der Waals surface area contributed by atoms with E-state index in [9.17, 15) is 18.4 Å². The van der Waals surface area contributed by atoms with Gasteiger partial charge in [-0.25, -0.2) is 13.8 Å². The molecule has 1 fully saturated rings. The number of hydrogen-bond acceptors (Lipinski definition) is 3. The van der Waals surface area contributed by atoms with E-state index < -0.39 is 11.6 Å². The lowest BCUT2D eigenvalue weighted by atomic mass is 10.1. The molecule has 172 valence electrons. The zero-order valence-electron chi connectivity index (χ0n) is 18.7. The Morgan fingerprint density at radius 3 is 2.44 bits per heavy atom. The standard InChI is InChI=1S/C26H22F2N4O2/c1-15-11-17(26(34)31(2)20-9-10-21(27)22(28)13-20)12-23-24(15)29-14-32(23)19-7-5-18(6-8-19)30-25(33)16-3-4-16/h5-14,16H,3-4H2,1-2H3,(H,30,33). The number of imidazole rings is 1. The summed E-state index contributed by atoms with van der Waals surface area (Å²) in [6.07, 6.45) is 3.57. The number of rotatable bonds is 5. The minimum absolute atomic E-state index is 0.0461. The van der Waals surface area contributed by atoms with Gasteiger partial charge in [-0.1, -0.05) is 0 Å². The molecular weight excluding hydrogens is 438 g/mol. The van der Waals surface area contributed by atoms with Gasteiger partial charge in [0.2, 0.25) is 5.91 Å². The highest BCUT2D eigenvalue weighted by Crippen LogP contribution is 2.30. The van der Waals surface area contributed by atoms with E-state index in [0.717, 1.165) is 52.9 Å². The molecule has 0 unspecified atom stereocenters. The fourth-order valence-electron chi connectivity index (χ4n) is 3.92. The van der Waals surface area contributed by atoms with Crippen LogP contribution in [0.2, 0.25) is 0 Å². The molecule has 2 amide bonds. The van der Waals surface area contributed by atoms with E-state index in [0.29, 0.717) is 5.56 Å². The van der Waals surface area contributed by atoms with Crippen LogP contribution in [-0.2, 0) is 4.79 Å². The molecule has 3 aromatic carbocycles. The number of amides is 2. The first-order valence-corrected chi connectivity index (χ1v) is 10.9. The van der Waals surface area contributed by atoms with Gasteiger partial charge >= 0.3 is 0 Å². The van der Waals surface area contributed by atoms with Crippen molar-refractivity contribution in [3.05, 3.63) is 83.7 Å². The molecule has 1 aliphatic rings. The smallest absolute Gasteiger partial charge is 0.258 e. The lowest BCUT2D eigenvalue weighted by molar-refractivity contribution is -0.117. The van der Waals surface area contributed by atoms with Crippen LogP contribution in [0.25, 0.3) is 16.7 Å². The fraction of sp³-hybridized carbons (Fsp3) is 0.192. The first kappa shape index (κ1) is 21.8. The summed E-state index contributed by atoms with van der Waals surface area (Å²) in [5, 5.41) is 2.92. The number of aryl methyl sites for hydroxylation is 1. The van der Waals surface area contributed by atoms with Crippen molar-refractivity contribution in [1.82, 2.24) is 9.55 Å². The highest BCUT2D eigenvalue weighted by atomic mass is 19.2. The summed E-state index contributed by atoms with van der Waals surface area (Å²) >= 11 is 0. The van der Waals surface area contributed by atoms with Crippen molar-refractivity contribution in [3.8, 4) is 5.69 Å². The number of benzene rings is 3. The fourth-order valence-corrected chi connectivity index (χ4v) is 3.92. The molecule has 1 aromatic heterocycles. The Hall–Kier alpha value is -4.07. The molecule has 0 radical (unpaired) electrons. The van der Waals surface area contributed by atoms with Crippen LogP contribution in [0, 0.1) is 24.5 Å². The topological polar surface area (TPSA) is 67.2 Å². The molecule has 0 saturated heterocycles. The number of nitrogens with zero attached hydrogens (tertiary/aromatic N) is 3. The molecule has 6 nitrogen and oxygen atoms in total. The Morgan fingerprint density at radius 1 is 1.03 bits per heavy atom. The molecule has 1 N–H and O–H groups in total. The SMILES string of the molecule is Cc1cc(C(=O)N(C)c2ccc(F)c(F)c2)cc2c1ncn2-c1ccc(NC(=O)C2CC2)cc1. The zero-order valence-corrected chi connectivity index (χ0v) is 18.7. The summed E-state index contributed by atoms with van der Waals surface area (Å²) in [5.74, 6) is -2.17. The minimum Gasteiger partial charge on any atom is -0.326 e. The van der Waals surface area contributed by atoms with E-state index in [1.807, 2.05) is 35.8 Å². The number of fused-ring (bicyclic) bond motifs is 1. The lowest BCUT2D eigenvalue weighted by Crippen LogP contribution is -2.26. The molecule has 5 rings (SSSR count). The molecule has 1 heterocycles. The van der Waals surface area contributed by atoms with Gasteiger partial charge in [0.1, 0.15) is 6.33 Å². The van der Waals surface area contributed by atoms with Gasteiger partial charge in [-0.2, -0.15) is 0 Å². The van der Waals surface area contributed by atoms with E-state index in [4.69, 9.17) is 0 Å². The highest BCUT2D eigenvalue weighted by molar-refractivity contribution is 6.07. The van der Waals surface area contributed by atoms with Crippen molar-refractivity contribution in [1.29, 1.82) is 0 Å². The second kappa shape index (κ2) is 8.37. The number of halogens is 2. The third-order valence-corrected chi connectivity index (χ3v) is 6.05. The summed E-state index contributed by atoms with van der Waals surface area (Å²) in [7, 11) is 1.51. The molecule has 1 saturated carbocycles. The molecule has 1 aliphatic carbocycles. The maximum Gasteiger partial charge on any atom is 0.258 e. The van der Waals surface area contributed by atoms with Crippen LogP contribution in [0.4, 0.5) is 20.2 Å². The van der Waals surface area contributed by atoms with E-state index in [1.165, 1.54) is 18.0 Å². The summed E-state index contributed by atoms with van der Waals surface area (Å²) < 4.78 is 28.8. The Morgan fingerprint density at radius 2 is 1.76 bits per heavy atom. The lowest BCUT2D eigenvalue weighted by Gasteiger charge is -2.18. The van der Waals surface area contributed by atoms with Gasteiger partial charge in [-0.3, -0.25) is 14.2 Å². The number of anilines is 2. The summed E-state index contributed by atoms with van der Waals surface area (Å²) in [6.45, 7) is 1.87. The van der Waals surface area contributed by atoms with Gasteiger partial charge < -0.3 is 10.2 Å². The second-order valence-electron chi connectivity index (χ2n) is 8.55. The molecule has 0 bridgehead atoms. The monoisotopic (exact) mass is 460 g/mol. The average Bonchev–Trinajstić information content (AvgIpc) is 3.60. The van der Waals surface area contributed by atoms with Crippen molar-refractivity contribution in [2.45, 2.75) is 19.8 Å². The molecule has 34 heavy (non-hydrogen) atoms. The molecule has 4 aromatic rings. The second-order valence-corrected chi connectivity index (χ2v) is 8.55. The van der Waals surface area contributed by atoms with E-state index in [-0.39, 0.29) is 23.4 Å². The van der Waals surface area contributed by atoms with Crippen molar-refractivity contribution in [2.24, 2.45) is 5.92 Å².